The topological polar surface area (TPSA) is 17.1 Å². The highest BCUT2D eigenvalue weighted by molar-refractivity contribution is 8.00. The second-order valence-corrected chi connectivity index (χ2v) is 3.62. The van der Waals surface area contributed by atoms with E-state index in [0.29, 0.717) is 4.88 Å². The Morgan fingerprint density at radius 1 is 1.67 bits per heavy atom. The molecule has 1 aromatic heterocycles. The van der Waals surface area contributed by atoms with Crippen molar-refractivity contribution in [3.05, 3.63) is 17.0 Å². The number of thiophene rings is 1. The van der Waals surface area contributed by atoms with Gasteiger partial charge in [0.05, 0.1) is 9.09 Å². The molecular weight excluding hydrogens is 152 g/mol. The fourth-order valence-corrected chi connectivity index (χ4v) is 1.82. The fourth-order valence-electron chi connectivity index (χ4n) is 0.485. The average Bonchev–Trinajstić information content (AvgIpc) is 2.34. The van der Waals surface area contributed by atoms with Crippen LogP contribution in [0.4, 0.5) is 0 Å². The molecule has 9 heavy (non-hydrogen) atoms. The largest absolute Gasteiger partial charge is 0.284 e. The van der Waals surface area contributed by atoms with Gasteiger partial charge >= 0.3 is 0 Å². The van der Waals surface area contributed by atoms with Crippen molar-refractivity contribution in [2.45, 2.75) is 4.21 Å². The summed E-state index contributed by atoms with van der Waals surface area (Å²) in [5.74, 6) is 0. The van der Waals surface area contributed by atoms with Gasteiger partial charge in [-0.2, -0.15) is 0 Å². The fraction of sp³-hybridized carbons (Fsp3) is 0.167. The van der Waals surface area contributed by atoms with E-state index in [1.54, 1.807) is 17.8 Å². The first-order valence-electron chi connectivity index (χ1n) is 2.39. The lowest BCUT2D eigenvalue weighted by atomic mass is 10.5. The van der Waals surface area contributed by atoms with Crippen molar-refractivity contribution in [1.29, 1.82) is 0 Å². The smallest absolute Gasteiger partial charge is 0.244 e. The Morgan fingerprint density at radius 3 is 2.78 bits per heavy atom. The third kappa shape index (κ3) is 1.56. The lowest BCUT2D eigenvalue weighted by Crippen LogP contribution is -1.63. The molecule has 1 heterocycles. The van der Waals surface area contributed by atoms with E-state index in [9.17, 15) is 4.79 Å². The van der Waals surface area contributed by atoms with Crippen LogP contribution in [0, 0.1) is 0 Å². The standard InChI is InChI=1S/C6H5OS2/c1-8-6-3-2-5(4-7)9-6/h2-3H,1H3. The first kappa shape index (κ1) is 6.83. The molecule has 0 unspecified atom stereocenters. The third-order valence-corrected chi connectivity index (χ3v) is 2.95. The maximum atomic E-state index is 10.0. The second kappa shape index (κ2) is 3.03. The van der Waals surface area contributed by atoms with Crippen LogP contribution in [0.3, 0.4) is 0 Å². The van der Waals surface area contributed by atoms with Gasteiger partial charge in [0, 0.05) is 0 Å². The number of thioether (sulfide) groups is 1. The molecule has 1 radical (unpaired) electrons. The molecule has 0 aromatic carbocycles. The summed E-state index contributed by atoms with van der Waals surface area (Å²) < 4.78 is 1.16. The van der Waals surface area contributed by atoms with Gasteiger partial charge in [-0.25, -0.2) is 0 Å². The predicted octanol–water partition coefficient (Wildman–Crippen LogP) is 1.93. The van der Waals surface area contributed by atoms with Gasteiger partial charge in [-0.05, 0) is 18.4 Å². The van der Waals surface area contributed by atoms with Gasteiger partial charge in [-0.1, -0.05) is 0 Å². The van der Waals surface area contributed by atoms with Crippen molar-refractivity contribution in [1.82, 2.24) is 0 Å². The van der Waals surface area contributed by atoms with Crippen LogP contribution in [0.2, 0.25) is 0 Å². The molecule has 0 aliphatic rings. The van der Waals surface area contributed by atoms with E-state index < -0.39 is 0 Å². The number of carbonyl (C=O) groups excluding carboxylic acids is 1. The third-order valence-electron chi connectivity index (χ3n) is 0.883. The summed E-state index contributed by atoms with van der Waals surface area (Å²) in [4.78, 5) is 10.7. The SMILES string of the molecule is CSc1ccc([C]=O)s1. The van der Waals surface area contributed by atoms with E-state index in [4.69, 9.17) is 0 Å². The minimum atomic E-state index is 0.680. The highest BCUT2D eigenvalue weighted by atomic mass is 32.2. The second-order valence-electron chi connectivity index (χ2n) is 1.42. The Balaban J connectivity index is 2.86. The maximum Gasteiger partial charge on any atom is 0.244 e. The highest BCUT2D eigenvalue weighted by Gasteiger charge is 1.95. The monoisotopic (exact) mass is 157 g/mol. The van der Waals surface area contributed by atoms with Crippen LogP contribution in [0.15, 0.2) is 16.3 Å². The Morgan fingerprint density at radius 2 is 2.44 bits per heavy atom. The number of hydrogen-bond acceptors (Lipinski definition) is 3. The summed E-state index contributed by atoms with van der Waals surface area (Å²) in [6, 6.07) is 3.71. The van der Waals surface area contributed by atoms with Crippen LogP contribution in [-0.2, 0) is 4.79 Å². The Bertz CT molecular complexity index is 205. The average molecular weight is 157 g/mol. The zero-order valence-corrected chi connectivity index (χ0v) is 6.51. The molecule has 0 bridgehead atoms. The van der Waals surface area contributed by atoms with Crippen LogP contribution in [0.25, 0.3) is 0 Å². The minimum absolute atomic E-state index is 0.680. The normalized spacial score (nSPS) is 9.44. The van der Waals surface area contributed by atoms with E-state index >= 15 is 0 Å². The van der Waals surface area contributed by atoms with Crippen molar-refractivity contribution >= 4 is 29.4 Å². The van der Waals surface area contributed by atoms with Crippen molar-refractivity contribution < 1.29 is 4.79 Å². The molecule has 0 aliphatic carbocycles. The van der Waals surface area contributed by atoms with E-state index in [2.05, 4.69) is 0 Å². The van der Waals surface area contributed by atoms with Gasteiger partial charge in [0.15, 0.2) is 0 Å². The molecule has 47 valence electrons. The quantitative estimate of drug-likeness (QED) is 0.610. The van der Waals surface area contributed by atoms with Crippen LogP contribution in [0.1, 0.15) is 4.88 Å². The zero-order valence-electron chi connectivity index (χ0n) is 4.88. The maximum absolute atomic E-state index is 10.0. The first-order valence-corrected chi connectivity index (χ1v) is 4.43. The van der Waals surface area contributed by atoms with Crippen molar-refractivity contribution in [3.63, 3.8) is 0 Å². The van der Waals surface area contributed by atoms with Gasteiger partial charge in [-0.3, -0.25) is 4.79 Å². The predicted molar refractivity (Wildman–Crippen MR) is 40.9 cm³/mol. The highest BCUT2D eigenvalue weighted by Crippen LogP contribution is 2.23. The van der Waals surface area contributed by atoms with Gasteiger partial charge in [0.25, 0.3) is 0 Å². The summed E-state index contributed by atoms with van der Waals surface area (Å²) in [5.41, 5.74) is 0. The molecule has 0 N–H and O–H groups in total. The van der Waals surface area contributed by atoms with E-state index in [0.717, 1.165) is 4.21 Å². The van der Waals surface area contributed by atoms with E-state index in [1.165, 1.54) is 11.3 Å². The minimum Gasteiger partial charge on any atom is -0.284 e. The molecule has 1 nitrogen and oxygen atoms in total. The first-order chi connectivity index (χ1) is 4.36. The molecule has 0 fully saturated rings. The van der Waals surface area contributed by atoms with Gasteiger partial charge in [0.2, 0.25) is 6.29 Å². The van der Waals surface area contributed by atoms with Crippen LogP contribution < -0.4 is 0 Å². The Kier molecular flexibility index (Phi) is 2.30. The summed E-state index contributed by atoms with van der Waals surface area (Å²) in [6.45, 7) is 0. The van der Waals surface area contributed by atoms with Crippen molar-refractivity contribution in [2.24, 2.45) is 0 Å². The van der Waals surface area contributed by atoms with Crippen LogP contribution in [-0.4, -0.2) is 12.5 Å². The van der Waals surface area contributed by atoms with Crippen molar-refractivity contribution in [2.75, 3.05) is 6.26 Å². The van der Waals surface area contributed by atoms with Crippen LogP contribution in [0.5, 0.6) is 0 Å². The lowest BCUT2D eigenvalue weighted by Gasteiger charge is -1.79. The van der Waals surface area contributed by atoms with Crippen LogP contribution >= 0.6 is 23.1 Å². The Hall–Kier alpha value is -0.280. The number of hydrogen-bond donors (Lipinski definition) is 0. The number of rotatable bonds is 2. The van der Waals surface area contributed by atoms with Gasteiger partial charge in [0.1, 0.15) is 0 Å². The molecule has 0 amide bonds. The molecule has 0 aliphatic heterocycles. The molecule has 3 heteroatoms. The molecule has 1 rings (SSSR count). The Labute approximate surface area is 62.1 Å². The molecule has 1 aromatic rings. The summed E-state index contributed by atoms with van der Waals surface area (Å²) in [5, 5.41) is 0. The summed E-state index contributed by atoms with van der Waals surface area (Å²) >= 11 is 3.12. The molecule has 0 saturated heterocycles. The molecule has 0 atom stereocenters. The van der Waals surface area contributed by atoms with Gasteiger partial charge < -0.3 is 0 Å². The van der Waals surface area contributed by atoms with E-state index in [-0.39, 0.29) is 0 Å². The molecule has 0 spiro atoms. The lowest BCUT2D eigenvalue weighted by molar-refractivity contribution is 0.563. The summed E-state index contributed by atoms with van der Waals surface area (Å²) in [7, 11) is 0. The molecular formula is C6H5OS2. The van der Waals surface area contributed by atoms with E-state index in [1.807, 2.05) is 18.6 Å². The van der Waals surface area contributed by atoms with Gasteiger partial charge in [-0.15, -0.1) is 23.1 Å². The molecule has 0 saturated carbocycles. The zero-order chi connectivity index (χ0) is 6.69. The summed E-state index contributed by atoms with van der Waals surface area (Å²) in [6.07, 6.45) is 3.82. The van der Waals surface area contributed by atoms with Crippen molar-refractivity contribution in [3.8, 4) is 0 Å².